The second-order valence-electron chi connectivity index (χ2n) is 3.87. The quantitative estimate of drug-likeness (QED) is 0.797. The topological polar surface area (TPSA) is 39.1 Å². The molecule has 0 spiro atoms. The summed E-state index contributed by atoms with van der Waals surface area (Å²) in [6.07, 6.45) is 1.94. The van der Waals surface area contributed by atoms with Gasteiger partial charge in [0.2, 0.25) is 0 Å². The lowest BCUT2D eigenvalue weighted by Crippen LogP contribution is -2.37. The van der Waals surface area contributed by atoms with E-state index in [0.29, 0.717) is 0 Å². The first-order chi connectivity index (χ1) is 7.38. The molecule has 0 amide bonds. The van der Waals surface area contributed by atoms with E-state index in [1.54, 1.807) is 0 Å². The van der Waals surface area contributed by atoms with Crippen LogP contribution in [0.3, 0.4) is 0 Å². The zero-order valence-electron chi connectivity index (χ0n) is 8.69. The van der Waals surface area contributed by atoms with Crippen molar-refractivity contribution in [3.05, 3.63) is 30.3 Å². The minimum atomic E-state index is 0.249. The number of nitriles is 1. The van der Waals surface area contributed by atoms with Crippen molar-refractivity contribution < 1.29 is 0 Å². The number of nitrogens with zero attached hydrogens (tertiary/aromatic N) is 2. The van der Waals surface area contributed by atoms with Crippen LogP contribution in [0.15, 0.2) is 30.3 Å². The van der Waals surface area contributed by atoms with Gasteiger partial charge in [0.15, 0.2) is 0 Å². The standard InChI is InChI=1S/C12H15N3/c13-10-11-6-8-15(9-7-11)14-12-4-2-1-3-5-12/h1-5,11,14H,6-9H2. The molecule has 2 rings (SSSR count). The lowest BCUT2D eigenvalue weighted by Gasteiger charge is -2.30. The lowest BCUT2D eigenvalue weighted by molar-refractivity contribution is 0.244. The number of anilines is 1. The molecule has 3 heteroatoms. The number of nitrogens with one attached hydrogen (secondary N) is 1. The van der Waals surface area contributed by atoms with Crippen molar-refractivity contribution >= 4 is 5.69 Å². The van der Waals surface area contributed by atoms with Crippen LogP contribution in [0.1, 0.15) is 12.8 Å². The Kier molecular flexibility index (Phi) is 3.21. The number of hydrogen-bond donors (Lipinski definition) is 1. The van der Waals surface area contributed by atoms with Crippen LogP contribution in [0.2, 0.25) is 0 Å². The summed E-state index contributed by atoms with van der Waals surface area (Å²) in [5.41, 5.74) is 4.47. The van der Waals surface area contributed by atoms with Crippen molar-refractivity contribution in [3.8, 4) is 6.07 Å². The van der Waals surface area contributed by atoms with Crippen molar-refractivity contribution in [1.82, 2.24) is 5.01 Å². The van der Waals surface area contributed by atoms with Gasteiger partial charge in [0.25, 0.3) is 0 Å². The van der Waals surface area contributed by atoms with E-state index >= 15 is 0 Å². The molecule has 0 saturated carbocycles. The molecule has 0 unspecified atom stereocenters. The van der Waals surface area contributed by atoms with Crippen molar-refractivity contribution in [1.29, 1.82) is 5.26 Å². The Morgan fingerprint density at radius 3 is 2.47 bits per heavy atom. The molecule has 1 aromatic carbocycles. The van der Waals surface area contributed by atoms with Crippen molar-refractivity contribution in [3.63, 3.8) is 0 Å². The molecular weight excluding hydrogens is 186 g/mol. The first kappa shape index (κ1) is 10.0. The van der Waals surface area contributed by atoms with Crippen LogP contribution in [-0.4, -0.2) is 18.1 Å². The molecule has 3 nitrogen and oxygen atoms in total. The van der Waals surface area contributed by atoms with E-state index in [1.165, 1.54) is 0 Å². The molecule has 78 valence electrons. The number of hydrazine groups is 1. The second kappa shape index (κ2) is 4.81. The van der Waals surface area contributed by atoms with Crippen LogP contribution in [0.5, 0.6) is 0 Å². The first-order valence-corrected chi connectivity index (χ1v) is 5.35. The molecule has 1 aromatic rings. The maximum Gasteiger partial charge on any atom is 0.0656 e. The van der Waals surface area contributed by atoms with Crippen LogP contribution in [-0.2, 0) is 0 Å². The van der Waals surface area contributed by atoms with Gasteiger partial charge in [-0.25, -0.2) is 5.01 Å². The molecule has 1 aliphatic heterocycles. The summed E-state index contributed by atoms with van der Waals surface area (Å²) in [6.45, 7) is 1.90. The number of benzene rings is 1. The number of para-hydroxylation sites is 1. The Morgan fingerprint density at radius 2 is 1.87 bits per heavy atom. The van der Waals surface area contributed by atoms with Gasteiger partial charge >= 0.3 is 0 Å². The number of piperidine rings is 1. The van der Waals surface area contributed by atoms with Gasteiger partial charge in [-0.05, 0) is 25.0 Å². The van der Waals surface area contributed by atoms with Gasteiger partial charge in [0.1, 0.15) is 0 Å². The van der Waals surface area contributed by atoms with E-state index in [2.05, 4.69) is 28.6 Å². The van der Waals surface area contributed by atoms with Crippen LogP contribution < -0.4 is 5.43 Å². The van der Waals surface area contributed by atoms with Gasteiger partial charge in [-0.2, -0.15) is 5.26 Å². The van der Waals surface area contributed by atoms with E-state index in [0.717, 1.165) is 31.6 Å². The molecular formula is C12H15N3. The zero-order valence-corrected chi connectivity index (χ0v) is 8.69. The van der Waals surface area contributed by atoms with Gasteiger partial charge in [-0.1, -0.05) is 18.2 Å². The largest absolute Gasteiger partial charge is 0.319 e. The summed E-state index contributed by atoms with van der Waals surface area (Å²) in [6, 6.07) is 12.5. The fourth-order valence-corrected chi connectivity index (χ4v) is 1.82. The molecule has 1 fully saturated rings. The van der Waals surface area contributed by atoms with Crippen molar-refractivity contribution in [2.45, 2.75) is 12.8 Å². The third-order valence-corrected chi connectivity index (χ3v) is 2.74. The molecule has 0 aromatic heterocycles. The molecule has 1 aliphatic rings. The Labute approximate surface area is 90.3 Å². The summed E-state index contributed by atoms with van der Waals surface area (Å²) >= 11 is 0. The van der Waals surface area contributed by atoms with Crippen LogP contribution in [0.4, 0.5) is 5.69 Å². The molecule has 1 saturated heterocycles. The van der Waals surface area contributed by atoms with E-state index in [9.17, 15) is 0 Å². The molecule has 1 heterocycles. The van der Waals surface area contributed by atoms with Crippen LogP contribution in [0, 0.1) is 17.2 Å². The maximum atomic E-state index is 8.78. The molecule has 15 heavy (non-hydrogen) atoms. The van der Waals surface area contributed by atoms with Gasteiger partial charge in [-0.3, -0.25) is 0 Å². The zero-order chi connectivity index (χ0) is 10.5. The Bertz CT molecular complexity index is 334. The summed E-state index contributed by atoms with van der Waals surface area (Å²) in [5, 5.41) is 11.0. The fraction of sp³-hybridized carbons (Fsp3) is 0.417. The Morgan fingerprint density at radius 1 is 1.20 bits per heavy atom. The smallest absolute Gasteiger partial charge is 0.0656 e. The minimum Gasteiger partial charge on any atom is -0.319 e. The van der Waals surface area contributed by atoms with E-state index < -0.39 is 0 Å². The SMILES string of the molecule is N#CC1CCN(Nc2ccccc2)CC1. The predicted octanol–water partition coefficient (Wildman–Crippen LogP) is 2.25. The highest BCUT2D eigenvalue weighted by atomic mass is 15.5. The maximum absolute atomic E-state index is 8.78. The van der Waals surface area contributed by atoms with Gasteiger partial charge in [0.05, 0.1) is 6.07 Å². The average Bonchev–Trinajstić information content (AvgIpc) is 2.31. The van der Waals surface area contributed by atoms with E-state index in [-0.39, 0.29) is 5.92 Å². The minimum absolute atomic E-state index is 0.249. The van der Waals surface area contributed by atoms with Gasteiger partial charge in [-0.15, -0.1) is 0 Å². The Hall–Kier alpha value is -1.53. The lowest BCUT2D eigenvalue weighted by atomic mass is 10.00. The molecule has 0 bridgehead atoms. The first-order valence-electron chi connectivity index (χ1n) is 5.35. The molecule has 0 radical (unpaired) electrons. The van der Waals surface area contributed by atoms with Crippen LogP contribution >= 0.6 is 0 Å². The third-order valence-electron chi connectivity index (χ3n) is 2.74. The molecule has 1 N–H and O–H groups in total. The number of rotatable bonds is 2. The highest BCUT2D eigenvalue weighted by Gasteiger charge is 2.18. The highest BCUT2D eigenvalue weighted by Crippen LogP contribution is 2.17. The van der Waals surface area contributed by atoms with Gasteiger partial charge in [0, 0.05) is 24.7 Å². The average molecular weight is 201 g/mol. The summed E-state index contributed by atoms with van der Waals surface area (Å²) < 4.78 is 0. The summed E-state index contributed by atoms with van der Waals surface area (Å²) in [4.78, 5) is 0. The predicted molar refractivity (Wildman–Crippen MR) is 60.0 cm³/mol. The monoisotopic (exact) mass is 201 g/mol. The second-order valence-corrected chi connectivity index (χ2v) is 3.87. The summed E-state index contributed by atoms with van der Waals surface area (Å²) in [7, 11) is 0. The summed E-state index contributed by atoms with van der Waals surface area (Å²) in [5.74, 6) is 0.249. The molecule has 0 atom stereocenters. The Balaban J connectivity index is 1.85. The normalized spacial score (nSPS) is 18.3. The van der Waals surface area contributed by atoms with Crippen LogP contribution in [0.25, 0.3) is 0 Å². The highest BCUT2D eigenvalue weighted by molar-refractivity contribution is 5.41. The van der Waals surface area contributed by atoms with Gasteiger partial charge < -0.3 is 5.43 Å². The fourth-order valence-electron chi connectivity index (χ4n) is 1.82. The van der Waals surface area contributed by atoms with E-state index in [1.807, 2.05) is 18.2 Å². The third kappa shape index (κ3) is 2.71. The van der Waals surface area contributed by atoms with Crippen molar-refractivity contribution in [2.24, 2.45) is 5.92 Å². The van der Waals surface area contributed by atoms with Crippen molar-refractivity contribution in [2.75, 3.05) is 18.5 Å². The molecule has 0 aliphatic carbocycles. The number of hydrogen-bond acceptors (Lipinski definition) is 3. The van der Waals surface area contributed by atoms with E-state index in [4.69, 9.17) is 5.26 Å².